The van der Waals surface area contributed by atoms with Crippen molar-refractivity contribution in [2.24, 2.45) is 11.8 Å². The molecule has 104 valence electrons. The van der Waals surface area contributed by atoms with Crippen LogP contribution in [-0.4, -0.2) is 17.6 Å². The fraction of sp³-hybridized carbons (Fsp3) is 0.800. The molecule has 0 amide bonds. The van der Waals surface area contributed by atoms with Gasteiger partial charge >= 0.3 is 0 Å². The summed E-state index contributed by atoms with van der Waals surface area (Å²) in [6.45, 7) is 12.5. The number of thiazole rings is 1. The van der Waals surface area contributed by atoms with Crippen LogP contribution in [0, 0.1) is 11.8 Å². The first-order valence-corrected chi connectivity index (χ1v) is 7.99. The first-order valence-electron chi connectivity index (χ1n) is 7.11. The van der Waals surface area contributed by atoms with Crippen LogP contribution in [0.3, 0.4) is 0 Å². The maximum absolute atomic E-state index is 4.39. The zero-order valence-corrected chi connectivity index (χ0v) is 13.3. The molecule has 1 aromatic rings. The van der Waals surface area contributed by atoms with Crippen molar-refractivity contribution in [1.29, 1.82) is 0 Å². The van der Waals surface area contributed by atoms with Gasteiger partial charge in [-0.3, -0.25) is 0 Å². The van der Waals surface area contributed by atoms with Crippen molar-refractivity contribution in [1.82, 2.24) is 10.3 Å². The highest BCUT2D eigenvalue weighted by Gasteiger charge is 2.15. The van der Waals surface area contributed by atoms with E-state index in [-0.39, 0.29) is 0 Å². The van der Waals surface area contributed by atoms with Crippen molar-refractivity contribution < 1.29 is 0 Å². The normalized spacial score (nSPS) is 13.8. The third-order valence-electron chi connectivity index (χ3n) is 3.10. The standard InChI is InChI=1S/C15H28N2S/c1-11(2)8-14(9-12(3)4)17-10-13(5)15-16-6-7-18-15/h6-7,11-14,17H,8-10H2,1-5H3. The number of nitrogens with zero attached hydrogens (tertiary/aromatic N) is 1. The molecule has 0 aliphatic heterocycles. The number of aromatic nitrogens is 1. The van der Waals surface area contributed by atoms with E-state index >= 15 is 0 Å². The average Bonchev–Trinajstić information content (AvgIpc) is 2.77. The molecule has 0 saturated heterocycles. The smallest absolute Gasteiger partial charge is 0.0965 e. The van der Waals surface area contributed by atoms with Gasteiger partial charge in [-0.15, -0.1) is 11.3 Å². The molecule has 3 heteroatoms. The Labute approximate surface area is 116 Å². The van der Waals surface area contributed by atoms with Crippen molar-refractivity contribution >= 4 is 11.3 Å². The summed E-state index contributed by atoms with van der Waals surface area (Å²) in [5, 5.41) is 7.04. The van der Waals surface area contributed by atoms with Gasteiger partial charge in [-0.1, -0.05) is 34.6 Å². The second-order valence-corrected chi connectivity index (χ2v) is 7.06. The SMILES string of the molecule is CC(C)CC(CC(C)C)NCC(C)c1nccs1. The third kappa shape index (κ3) is 5.96. The molecule has 0 radical (unpaired) electrons. The van der Waals surface area contributed by atoms with E-state index in [1.54, 1.807) is 11.3 Å². The largest absolute Gasteiger partial charge is 0.313 e. The quantitative estimate of drug-likeness (QED) is 0.760. The zero-order valence-electron chi connectivity index (χ0n) is 12.4. The minimum atomic E-state index is 0.520. The predicted molar refractivity (Wildman–Crippen MR) is 81.2 cm³/mol. The Morgan fingerprint density at radius 2 is 1.72 bits per heavy atom. The summed E-state index contributed by atoms with van der Waals surface area (Å²) in [6.07, 6.45) is 4.43. The van der Waals surface area contributed by atoms with Gasteiger partial charge < -0.3 is 5.32 Å². The van der Waals surface area contributed by atoms with Gasteiger partial charge in [0.05, 0.1) is 5.01 Å². The van der Waals surface area contributed by atoms with E-state index in [9.17, 15) is 0 Å². The number of hydrogen-bond donors (Lipinski definition) is 1. The van der Waals surface area contributed by atoms with Gasteiger partial charge in [-0.05, 0) is 24.7 Å². The van der Waals surface area contributed by atoms with Crippen LogP contribution < -0.4 is 5.32 Å². The molecular formula is C15H28N2S. The van der Waals surface area contributed by atoms with Crippen LogP contribution in [0.2, 0.25) is 0 Å². The van der Waals surface area contributed by atoms with E-state index in [0.29, 0.717) is 12.0 Å². The molecule has 0 saturated carbocycles. The molecule has 1 unspecified atom stereocenters. The molecule has 1 N–H and O–H groups in total. The summed E-state index contributed by atoms with van der Waals surface area (Å²) < 4.78 is 0. The summed E-state index contributed by atoms with van der Waals surface area (Å²) in [4.78, 5) is 4.39. The molecule has 1 rings (SSSR count). The lowest BCUT2D eigenvalue weighted by atomic mass is 9.95. The van der Waals surface area contributed by atoms with E-state index in [1.165, 1.54) is 17.8 Å². The fourth-order valence-corrected chi connectivity index (χ4v) is 3.01. The molecular weight excluding hydrogens is 240 g/mol. The molecule has 0 bridgehead atoms. The Bertz CT molecular complexity index is 296. The van der Waals surface area contributed by atoms with Crippen molar-refractivity contribution in [3.8, 4) is 0 Å². The highest BCUT2D eigenvalue weighted by molar-refractivity contribution is 7.09. The van der Waals surface area contributed by atoms with Crippen LogP contribution in [-0.2, 0) is 0 Å². The topological polar surface area (TPSA) is 24.9 Å². The molecule has 1 aromatic heterocycles. The maximum atomic E-state index is 4.39. The minimum Gasteiger partial charge on any atom is -0.313 e. The molecule has 0 aromatic carbocycles. The van der Waals surface area contributed by atoms with Gasteiger partial charge in [-0.2, -0.15) is 0 Å². The lowest BCUT2D eigenvalue weighted by molar-refractivity contribution is 0.354. The highest BCUT2D eigenvalue weighted by atomic mass is 32.1. The van der Waals surface area contributed by atoms with Crippen molar-refractivity contribution in [3.05, 3.63) is 16.6 Å². The molecule has 1 heterocycles. The van der Waals surface area contributed by atoms with Crippen LogP contribution >= 0.6 is 11.3 Å². The lowest BCUT2D eigenvalue weighted by Crippen LogP contribution is -2.34. The molecule has 0 aliphatic carbocycles. The second-order valence-electron chi connectivity index (χ2n) is 6.14. The van der Waals surface area contributed by atoms with E-state index in [1.807, 2.05) is 6.20 Å². The molecule has 1 atom stereocenters. The maximum Gasteiger partial charge on any atom is 0.0965 e. The Morgan fingerprint density at radius 1 is 1.11 bits per heavy atom. The Balaban J connectivity index is 2.40. The van der Waals surface area contributed by atoms with Crippen LogP contribution in [0.25, 0.3) is 0 Å². The molecule has 2 nitrogen and oxygen atoms in total. The molecule has 18 heavy (non-hydrogen) atoms. The van der Waals surface area contributed by atoms with Gasteiger partial charge in [0, 0.05) is 30.1 Å². The van der Waals surface area contributed by atoms with E-state index < -0.39 is 0 Å². The van der Waals surface area contributed by atoms with Gasteiger partial charge in [0.1, 0.15) is 0 Å². The first kappa shape index (κ1) is 15.6. The van der Waals surface area contributed by atoms with Crippen molar-refractivity contribution in [3.63, 3.8) is 0 Å². The Morgan fingerprint density at radius 3 is 2.17 bits per heavy atom. The summed E-state index contributed by atoms with van der Waals surface area (Å²) in [6, 6.07) is 0.646. The minimum absolute atomic E-state index is 0.520. The third-order valence-corrected chi connectivity index (χ3v) is 4.10. The van der Waals surface area contributed by atoms with Crippen LogP contribution in [0.5, 0.6) is 0 Å². The summed E-state index contributed by atoms with van der Waals surface area (Å²) in [5.74, 6) is 2.04. The van der Waals surface area contributed by atoms with Gasteiger partial charge in [0.2, 0.25) is 0 Å². The van der Waals surface area contributed by atoms with E-state index in [0.717, 1.165) is 18.4 Å². The fourth-order valence-electron chi connectivity index (χ4n) is 2.31. The summed E-state index contributed by atoms with van der Waals surface area (Å²) in [5.41, 5.74) is 0. The number of nitrogens with one attached hydrogen (secondary N) is 1. The lowest BCUT2D eigenvalue weighted by Gasteiger charge is -2.24. The predicted octanol–water partition coefficient (Wildman–Crippen LogP) is 4.30. The van der Waals surface area contributed by atoms with Crippen molar-refractivity contribution in [2.45, 2.75) is 59.4 Å². The van der Waals surface area contributed by atoms with Crippen molar-refractivity contribution in [2.75, 3.05) is 6.54 Å². The first-order chi connectivity index (χ1) is 8.49. The van der Waals surface area contributed by atoms with Crippen LogP contribution in [0.1, 0.15) is 58.4 Å². The van der Waals surface area contributed by atoms with E-state index in [4.69, 9.17) is 0 Å². The van der Waals surface area contributed by atoms with Gasteiger partial charge in [-0.25, -0.2) is 4.98 Å². The highest BCUT2D eigenvalue weighted by Crippen LogP contribution is 2.18. The van der Waals surface area contributed by atoms with E-state index in [2.05, 4.69) is 50.3 Å². The van der Waals surface area contributed by atoms with Gasteiger partial charge in [0.25, 0.3) is 0 Å². The second kappa shape index (κ2) is 7.90. The summed E-state index contributed by atoms with van der Waals surface area (Å²) >= 11 is 1.76. The molecule has 0 fully saturated rings. The zero-order chi connectivity index (χ0) is 13.5. The number of hydrogen-bond acceptors (Lipinski definition) is 3. The monoisotopic (exact) mass is 268 g/mol. The van der Waals surface area contributed by atoms with Crippen LogP contribution in [0.15, 0.2) is 11.6 Å². The Hall–Kier alpha value is -0.410. The average molecular weight is 268 g/mol. The Kier molecular flexibility index (Phi) is 6.87. The van der Waals surface area contributed by atoms with Crippen LogP contribution in [0.4, 0.5) is 0 Å². The summed E-state index contributed by atoms with van der Waals surface area (Å²) in [7, 11) is 0. The molecule has 0 spiro atoms. The number of rotatable bonds is 8. The van der Waals surface area contributed by atoms with Gasteiger partial charge in [0.15, 0.2) is 0 Å². The molecule has 0 aliphatic rings.